The SMILES string of the molecule is O=C1CC(NCc2ccccc2O)C(=O)N1. The van der Waals surface area contributed by atoms with Crippen molar-refractivity contribution in [2.45, 2.75) is 19.0 Å². The van der Waals surface area contributed by atoms with Gasteiger partial charge >= 0.3 is 0 Å². The maximum Gasteiger partial charge on any atom is 0.244 e. The Bertz CT molecular complexity index is 431. The van der Waals surface area contributed by atoms with Crippen LogP contribution in [0.25, 0.3) is 0 Å². The van der Waals surface area contributed by atoms with E-state index in [4.69, 9.17) is 0 Å². The molecule has 84 valence electrons. The molecule has 2 amide bonds. The molecule has 0 aliphatic carbocycles. The van der Waals surface area contributed by atoms with E-state index < -0.39 is 6.04 Å². The molecule has 0 saturated carbocycles. The number of hydrogen-bond acceptors (Lipinski definition) is 4. The Labute approximate surface area is 92.5 Å². The van der Waals surface area contributed by atoms with E-state index in [1.54, 1.807) is 24.3 Å². The summed E-state index contributed by atoms with van der Waals surface area (Å²) in [6.45, 7) is 0.359. The Balaban J connectivity index is 1.95. The molecule has 1 saturated heterocycles. The molecule has 16 heavy (non-hydrogen) atoms. The second kappa shape index (κ2) is 4.32. The smallest absolute Gasteiger partial charge is 0.244 e. The van der Waals surface area contributed by atoms with Crippen LogP contribution in [0, 0.1) is 0 Å². The van der Waals surface area contributed by atoms with Gasteiger partial charge in [-0.15, -0.1) is 0 Å². The minimum atomic E-state index is -0.493. The lowest BCUT2D eigenvalue weighted by atomic mass is 10.1. The number of imide groups is 1. The molecule has 1 atom stereocenters. The summed E-state index contributed by atoms with van der Waals surface area (Å²) in [4.78, 5) is 22.2. The minimum Gasteiger partial charge on any atom is -0.508 e. The summed E-state index contributed by atoms with van der Waals surface area (Å²) in [5.41, 5.74) is 0.703. The number of carbonyl (C=O) groups is 2. The zero-order valence-electron chi connectivity index (χ0n) is 8.56. The lowest BCUT2D eigenvalue weighted by Gasteiger charge is -2.09. The van der Waals surface area contributed by atoms with Crippen LogP contribution in [-0.4, -0.2) is 23.0 Å². The first-order chi connectivity index (χ1) is 7.66. The van der Waals surface area contributed by atoms with Crippen LogP contribution in [0.15, 0.2) is 24.3 Å². The van der Waals surface area contributed by atoms with Gasteiger partial charge in [-0.1, -0.05) is 18.2 Å². The molecule has 0 radical (unpaired) electrons. The van der Waals surface area contributed by atoms with E-state index in [1.165, 1.54) is 0 Å². The van der Waals surface area contributed by atoms with Gasteiger partial charge < -0.3 is 10.4 Å². The van der Waals surface area contributed by atoms with Crippen LogP contribution in [-0.2, 0) is 16.1 Å². The zero-order chi connectivity index (χ0) is 11.5. The Morgan fingerprint density at radius 2 is 2.12 bits per heavy atom. The van der Waals surface area contributed by atoms with Crippen LogP contribution >= 0.6 is 0 Å². The summed E-state index contributed by atoms with van der Waals surface area (Å²) in [6, 6.07) is 6.38. The molecule has 3 N–H and O–H groups in total. The highest BCUT2D eigenvalue weighted by Crippen LogP contribution is 2.15. The molecule has 1 aliphatic heterocycles. The third-order valence-electron chi connectivity index (χ3n) is 2.50. The molecule has 0 bridgehead atoms. The van der Waals surface area contributed by atoms with Crippen molar-refractivity contribution in [3.05, 3.63) is 29.8 Å². The van der Waals surface area contributed by atoms with Crippen molar-refractivity contribution in [3.8, 4) is 5.75 Å². The predicted octanol–water partition coefficient (Wildman–Crippen LogP) is -0.103. The second-order valence-electron chi connectivity index (χ2n) is 3.68. The topological polar surface area (TPSA) is 78.4 Å². The molecule has 2 rings (SSSR count). The summed E-state index contributed by atoms with van der Waals surface area (Å²) in [6.07, 6.45) is 0.159. The molecule has 0 aromatic heterocycles. The number of para-hydroxylation sites is 1. The molecule has 5 heteroatoms. The fourth-order valence-corrected chi connectivity index (χ4v) is 1.61. The monoisotopic (exact) mass is 220 g/mol. The normalized spacial score (nSPS) is 19.9. The van der Waals surface area contributed by atoms with Crippen molar-refractivity contribution in [2.24, 2.45) is 0 Å². The number of phenolic OH excluding ortho intramolecular Hbond substituents is 1. The van der Waals surface area contributed by atoms with Crippen molar-refractivity contribution >= 4 is 11.8 Å². The first kappa shape index (κ1) is 10.6. The number of rotatable bonds is 3. The van der Waals surface area contributed by atoms with Gasteiger partial charge in [-0.05, 0) is 6.07 Å². The molecular formula is C11H12N2O3. The van der Waals surface area contributed by atoms with E-state index in [1.807, 2.05) is 0 Å². The summed E-state index contributed by atoms with van der Waals surface area (Å²) in [5.74, 6) is -0.389. The van der Waals surface area contributed by atoms with Gasteiger partial charge in [-0.2, -0.15) is 0 Å². The number of hydrogen-bond donors (Lipinski definition) is 3. The van der Waals surface area contributed by atoms with Gasteiger partial charge in [0.25, 0.3) is 0 Å². The average Bonchev–Trinajstić information content (AvgIpc) is 2.56. The van der Waals surface area contributed by atoms with E-state index in [9.17, 15) is 14.7 Å². The van der Waals surface area contributed by atoms with Gasteiger partial charge in [0.2, 0.25) is 11.8 Å². The Morgan fingerprint density at radius 3 is 2.75 bits per heavy atom. The number of carbonyl (C=O) groups excluding carboxylic acids is 2. The van der Waals surface area contributed by atoms with E-state index in [0.717, 1.165) is 0 Å². The molecule has 0 spiro atoms. The van der Waals surface area contributed by atoms with Crippen molar-refractivity contribution in [1.82, 2.24) is 10.6 Å². The highest BCUT2D eigenvalue weighted by Gasteiger charge is 2.29. The first-order valence-corrected chi connectivity index (χ1v) is 5.01. The molecular weight excluding hydrogens is 208 g/mol. The Kier molecular flexibility index (Phi) is 2.87. The highest BCUT2D eigenvalue weighted by molar-refractivity contribution is 6.05. The lowest BCUT2D eigenvalue weighted by molar-refractivity contribution is -0.125. The van der Waals surface area contributed by atoms with Crippen LogP contribution in [0.5, 0.6) is 5.75 Å². The third kappa shape index (κ3) is 2.20. The zero-order valence-corrected chi connectivity index (χ0v) is 8.56. The number of nitrogens with one attached hydrogen (secondary N) is 2. The van der Waals surface area contributed by atoms with Gasteiger partial charge in [0.15, 0.2) is 0 Å². The summed E-state index contributed by atoms with van der Waals surface area (Å²) in [7, 11) is 0. The van der Waals surface area contributed by atoms with Crippen LogP contribution in [0.1, 0.15) is 12.0 Å². The molecule has 1 aromatic rings. The van der Waals surface area contributed by atoms with Crippen LogP contribution in [0.3, 0.4) is 0 Å². The fraction of sp³-hybridized carbons (Fsp3) is 0.273. The van der Waals surface area contributed by atoms with Gasteiger partial charge in [0.05, 0.1) is 12.5 Å². The Hall–Kier alpha value is -1.88. The van der Waals surface area contributed by atoms with Gasteiger partial charge in [-0.3, -0.25) is 14.9 Å². The fourth-order valence-electron chi connectivity index (χ4n) is 1.61. The van der Waals surface area contributed by atoms with E-state index in [0.29, 0.717) is 12.1 Å². The van der Waals surface area contributed by atoms with Gasteiger partial charge in [0, 0.05) is 12.1 Å². The van der Waals surface area contributed by atoms with Crippen LogP contribution < -0.4 is 10.6 Å². The average molecular weight is 220 g/mol. The maximum atomic E-state index is 11.2. The number of amides is 2. The first-order valence-electron chi connectivity index (χ1n) is 5.01. The molecule has 1 aromatic carbocycles. The second-order valence-corrected chi connectivity index (χ2v) is 3.68. The van der Waals surface area contributed by atoms with Crippen molar-refractivity contribution < 1.29 is 14.7 Å². The van der Waals surface area contributed by atoms with E-state index >= 15 is 0 Å². The van der Waals surface area contributed by atoms with Crippen molar-refractivity contribution in [3.63, 3.8) is 0 Å². The van der Waals surface area contributed by atoms with Crippen molar-refractivity contribution in [1.29, 1.82) is 0 Å². The molecule has 1 unspecified atom stereocenters. The summed E-state index contributed by atoms with van der Waals surface area (Å²) >= 11 is 0. The van der Waals surface area contributed by atoms with Crippen LogP contribution in [0.4, 0.5) is 0 Å². The highest BCUT2D eigenvalue weighted by atomic mass is 16.3. The largest absolute Gasteiger partial charge is 0.508 e. The number of phenols is 1. The van der Waals surface area contributed by atoms with Gasteiger partial charge in [-0.25, -0.2) is 0 Å². The standard InChI is InChI=1S/C11H12N2O3/c14-9-4-2-1-3-7(9)6-12-8-5-10(15)13-11(8)16/h1-4,8,12,14H,5-6H2,(H,13,15,16). The maximum absolute atomic E-state index is 11.2. The van der Waals surface area contributed by atoms with Gasteiger partial charge in [0.1, 0.15) is 5.75 Å². The van der Waals surface area contributed by atoms with E-state index in [-0.39, 0.29) is 24.0 Å². The molecule has 1 fully saturated rings. The van der Waals surface area contributed by atoms with E-state index in [2.05, 4.69) is 10.6 Å². The number of benzene rings is 1. The molecule has 5 nitrogen and oxygen atoms in total. The predicted molar refractivity (Wildman–Crippen MR) is 56.5 cm³/mol. The minimum absolute atomic E-state index is 0.159. The lowest BCUT2D eigenvalue weighted by Crippen LogP contribution is -2.35. The summed E-state index contributed by atoms with van der Waals surface area (Å²) in [5, 5.41) is 14.6. The van der Waals surface area contributed by atoms with Crippen molar-refractivity contribution in [2.75, 3.05) is 0 Å². The molecule has 1 aliphatic rings. The third-order valence-corrected chi connectivity index (χ3v) is 2.50. The quantitative estimate of drug-likeness (QED) is 0.621. The number of aromatic hydroxyl groups is 1. The molecule has 1 heterocycles. The Morgan fingerprint density at radius 1 is 1.38 bits per heavy atom. The van der Waals surface area contributed by atoms with Crippen LogP contribution in [0.2, 0.25) is 0 Å². The summed E-state index contributed by atoms with van der Waals surface area (Å²) < 4.78 is 0.